The molecule has 0 spiro atoms. The van der Waals surface area contributed by atoms with Crippen LogP contribution < -0.4 is 0 Å². The van der Waals surface area contributed by atoms with Crippen LogP contribution in [0, 0.1) is 0 Å². The van der Waals surface area contributed by atoms with Crippen molar-refractivity contribution in [1.29, 1.82) is 0 Å². The molecule has 0 aliphatic heterocycles. The summed E-state index contributed by atoms with van der Waals surface area (Å²) in [4.78, 5) is 4.13. The van der Waals surface area contributed by atoms with Gasteiger partial charge in [0.05, 0.1) is 12.4 Å². The van der Waals surface area contributed by atoms with E-state index in [0.29, 0.717) is 10.3 Å². The van der Waals surface area contributed by atoms with Crippen molar-refractivity contribution in [2.24, 2.45) is 0 Å². The SMILES string of the molecule is CS(=O)(=O)c1cnn(-c2nc(Cl)cs2)c1. The Kier molecular flexibility index (Phi) is 2.53. The lowest BCUT2D eigenvalue weighted by Gasteiger charge is -1.92. The lowest BCUT2D eigenvalue weighted by Crippen LogP contribution is -1.95. The van der Waals surface area contributed by atoms with Crippen LogP contribution in [0.1, 0.15) is 0 Å². The maximum atomic E-state index is 11.2. The minimum Gasteiger partial charge on any atom is -0.224 e. The Morgan fingerprint density at radius 3 is 2.73 bits per heavy atom. The van der Waals surface area contributed by atoms with Crippen LogP contribution in [0.15, 0.2) is 22.7 Å². The monoisotopic (exact) mass is 263 g/mol. The Balaban J connectivity index is 2.44. The minimum absolute atomic E-state index is 0.161. The molecule has 0 bridgehead atoms. The molecule has 2 aromatic rings. The zero-order chi connectivity index (χ0) is 11.1. The molecule has 5 nitrogen and oxygen atoms in total. The van der Waals surface area contributed by atoms with Crippen LogP contribution in [0.4, 0.5) is 0 Å². The summed E-state index contributed by atoms with van der Waals surface area (Å²) in [5, 5.41) is 6.45. The molecule has 0 aromatic carbocycles. The lowest BCUT2D eigenvalue weighted by molar-refractivity contribution is 0.602. The Morgan fingerprint density at radius 2 is 2.27 bits per heavy atom. The van der Waals surface area contributed by atoms with Crippen LogP contribution >= 0.6 is 22.9 Å². The van der Waals surface area contributed by atoms with E-state index in [0.717, 1.165) is 6.26 Å². The van der Waals surface area contributed by atoms with E-state index in [1.165, 1.54) is 28.4 Å². The lowest BCUT2D eigenvalue weighted by atomic mass is 10.7. The largest absolute Gasteiger partial charge is 0.224 e. The van der Waals surface area contributed by atoms with Gasteiger partial charge in [-0.3, -0.25) is 0 Å². The molecule has 2 heterocycles. The number of halogens is 1. The maximum Gasteiger partial charge on any atom is 0.211 e. The molecule has 0 amide bonds. The fraction of sp³-hybridized carbons (Fsp3) is 0.143. The molecule has 0 atom stereocenters. The molecule has 0 radical (unpaired) electrons. The van der Waals surface area contributed by atoms with E-state index >= 15 is 0 Å². The summed E-state index contributed by atoms with van der Waals surface area (Å²) in [6, 6.07) is 0. The summed E-state index contributed by atoms with van der Waals surface area (Å²) in [5.74, 6) is 0. The van der Waals surface area contributed by atoms with Crippen molar-refractivity contribution in [3.05, 3.63) is 22.9 Å². The Morgan fingerprint density at radius 1 is 1.53 bits per heavy atom. The molecule has 0 saturated carbocycles. The first kappa shape index (κ1) is 10.6. The Hall–Kier alpha value is -0.920. The number of hydrogen-bond acceptors (Lipinski definition) is 5. The molecule has 2 rings (SSSR count). The van der Waals surface area contributed by atoms with Crippen molar-refractivity contribution in [2.75, 3.05) is 6.26 Å². The third kappa shape index (κ3) is 2.19. The van der Waals surface area contributed by atoms with Crippen molar-refractivity contribution in [2.45, 2.75) is 4.90 Å². The first-order valence-electron chi connectivity index (χ1n) is 3.83. The van der Waals surface area contributed by atoms with Crippen LogP contribution in [-0.4, -0.2) is 29.4 Å². The summed E-state index contributed by atoms with van der Waals surface area (Å²) in [6.45, 7) is 0. The highest BCUT2D eigenvalue weighted by Crippen LogP contribution is 2.18. The fourth-order valence-electron chi connectivity index (χ4n) is 0.953. The van der Waals surface area contributed by atoms with Crippen molar-refractivity contribution in [3.63, 3.8) is 0 Å². The van der Waals surface area contributed by atoms with Gasteiger partial charge in [-0.2, -0.15) is 5.10 Å². The van der Waals surface area contributed by atoms with E-state index in [1.807, 2.05) is 0 Å². The van der Waals surface area contributed by atoms with Crippen LogP contribution in [0.25, 0.3) is 5.13 Å². The molecular formula is C7H6ClN3O2S2. The van der Waals surface area contributed by atoms with Gasteiger partial charge in [-0.1, -0.05) is 11.6 Å². The zero-order valence-electron chi connectivity index (χ0n) is 7.58. The van der Waals surface area contributed by atoms with E-state index in [-0.39, 0.29) is 4.90 Å². The first-order chi connectivity index (χ1) is 6.97. The molecule has 0 aliphatic rings. The van der Waals surface area contributed by atoms with E-state index in [2.05, 4.69) is 10.1 Å². The first-order valence-corrected chi connectivity index (χ1v) is 6.98. The molecule has 0 saturated heterocycles. The van der Waals surface area contributed by atoms with E-state index in [4.69, 9.17) is 11.6 Å². The number of rotatable bonds is 2. The van der Waals surface area contributed by atoms with Gasteiger partial charge in [-0.15, -0.1) is 11.3 Å². The second-order valence-corrected chi connectivity index (χ2v) is 6.09. The number of aromatic nitrogens is 3. The van der Waals surface area contributed by atoms with E-state index in [9.17, 15) is 8.42 Å². The van der Waals surface area contributed by atoms with Gasteiger partial charge in [0.2, 0.25) is 5.13 Å². The van der Waals surface area contributed by atoms with Gasteiger partial charge in [0.15, 0.2) is 9.84 Å². The maximum absolute atomic E-state index is 11.2. The van der Waals surface area contributed by atoms with Crippen LogP contribution in [0.5, 0.6) is 0 Å². The molecule has 15 heavy (non-hydrogen) atoms. The van der Waals surface area contributed by atoms with Crippen molar-refractivity contribution < 1.29 is 8.42 Å². The molecule has 0 unspecified atom stereocenters. The normalized spacial score (nSPS) is 11.9. The summed E-state index contributed by atoms with van der Waals surface area (Å²) < 4.78 is 23.8. The highest BCUT2D eigenvalue weighted by Gasteiger charge is 2.12. The van der Waals surface area contributed by atoms with Crippen molar-refractivity contribution in [1.82, 2.24) is 14.8 Å². The Labute approximate surface area is 95.2 Å². The highest BCUT2D eigenvalue weighted by atomic mass is 35.5. The third-order valence-corrected chi connectivity index (χ3v) is 3.87. The average Bonchev–Trinajstić information content (AvgIpc) is 2.69. The second-order valence-electron chi connectivity index (χ2n) is 2.85. The van der Waals surface area contributed by atoms with Crippen molar-refractivity contribution in [3.8, 4) is 5.13 Å². The fourth-order valence-corrected chi connectivity index (χ4v) is 2.36. The molecular weight excluding hydrogens is 258 g/mol. The smallest absolute Gasteiger partial charge is 0.211 e. The quantitative estimate of drug-likeness (QED) is 0.821. The summed E-state index contributed by atoms with van der Waals surface area (Å²) in [6.07, 6.45) is 3.82. The summed E-state index contributed by atoms with van der Waals surface area (Å²) in [7, 11) is -3.22. The summed E-state index contributed by atoms with van der Waals surface area (Å²) in [5.41, 5.74) is 0. The second kappa shape index (κ2) is 3.58. The van der Waals surface area contributed by atoms with Crippen LogP contribution in [-0.2, 0) is 9.84 Å². The molecule has 8 heteroatoms. The number of thiazole rings is 1. The number of sulfone groups is 1. The predicted octanol–water partition coefficient (Wildman–Crippen LogP) is 1.39. The van der Waals surface area contributed by atoms with Gasteiger partial charge in [0.25, 0.3) is 0 Å². The van der Waals surface area contributed by atoms with Crippen LogP contribution in [0.3, 0.4) is 0 Å². The van der Waals surface area contributed by atoms with Gasteiger partial charge >= 0.3 is 0 Å². The van der Waals surface area contributed by atoms with Gasteiger partial charge in [-0.25, -0.2) is 18.1 Å². The van der Waals surface area contributed by atoms with E-state index in [1.54, 1.807) is 5.38 Å². The Bertz CT molecular complexity index is 587. The number of nitrogens with zero attached hydrogens (tertiary/aromatic N) is 3. The van der Waals surface area contributed by atoms with Gasteiger partial charge < -0.3 is 0 Å². The molecule has 0 aliphatic carbocycles. The molecule has 0 N–H and O–H groups in total. The van der Waals surface area contributed by atoms with Gasteiger partial charge in [-0.05, 0) is 0 Å². The molecule has 2 aromatic heterocycles. The minimum atomic E-state index is -3.22. The predicted molar refractivity (Wildman–Crippen MR) is 57.4 cm³/mol. The van der Waals surface area contributed by atoms with Gasteiger partial charge in [0, 0.05) is 11.6 Å². The van der Waals surface area contributed by atoms with Crippen molar-refractivity contribution >= 4 is 32.8 Å². The topological polar surface area (TPSA) is 64.8 Å². The summed E-state index contributed by atoms with van der Waals surface area (Å²) >= 11 is 6.94. The van der Waals surface area contributed by atoms with E-state index < -0.39 is 9.84 Å². The highest BCUT2D eigenvalue weighted by molar-refractivity contribution is 7.90. The molecule has 0 fully saturated rings. The van der Waals surface area contributed by atoms with Crippen LogP contribution in [0.2, 0.25) is 5.15 Å². The molecule has 80 valence electrons. The van der Waals surface area contributed by atoms with Gasteiger partial charge in [0.1, 0.15) is 10.0 Å². The standard InChI is InChI=1S/C7H6ClN3O2S2/c1-15(12,13)5-2-9-11(3-5)7-10-6(8)4-14-7/h2-4H,1H3. The average molecular weight is 264 g/mol. The number of hydrogen-bond donors (Lipinski definition) is 0. The zero-order valence-corrected chi connectivity index (χ0v) is 9.97. The third-order valence-electron chi connectivity index (χ3n) is 1.65.